The third kappa shape index (κ3) is 4.92. The number of azo groups is 1. The Morgan fingerprint density at radius 2 is 1.13 bits per heavy atom. The molecule has 0 bridgehead atoms. The number of nitrogens with two attached hydrogens (primary N) is 2. The zero-order valence-electron chi connectivity index (χ0n) is 16.7. The Hall–Kier alpha value is -3.92. The van der Waals surface area contributed by atoms with Crippen LogP contribution in [0, 0.1) is 0 Å². The summed E-state index contributed by atoms with van der Waals surface area (Å²) in [6.45, 7) is 0. The molecule has 0 radical (unpaired) electrons. The van der Waals surface area contributed by atoms with Crippen molar-refractivity contribution in [3.05, 3.63) is 119 Å². The average Bonchev–Trinajstić information content (AvgIpc) is 2.77. The molecule has 148 valence electrons. The summed E-state index contributed by atoms with van der Waals surface area (Å²) in [6.07, 6.45) is 1.56. The molecule has 0 aromatic heterocycles. The Morgan fingerprint density at radius 1 is 0.533 bits per heavy atom. The minimum absolute atomic E-state index is 0.759. The smallest absolute Gasteiger partial charge is 0.0895 e. The van der Waals surface area contributed by atoms with E-state index in [2.05, 4.69) is 40.6 Å². The number of anilines is 2. The minimum atomic E-state index is 0.759. The molecule has 0 aliphatic rings. The molecule has 4 aromatic carbocycles. The van der Waals surface area contributed by atoms with Gasteiger partial charge in [0, 0.05) is 11.4 Å². The van der Waals surface area contributed by atoms with Gasteiger partial charge < -0.3 is 11.5 Å². The Kier molecular flexibility index (Phi) is 5.85. The van der Waals surface area contributed by atoms with E-state index in [0.717, 1.165) is 35.6 Å². The van der Waals surface area contributed by atoms with Gasteiger partial charge in [-0.1, -0.05) is 54.6 Å². The predicted molar refractivity (Wildman–Crippen MR) is 124 cm³/mol. The van der Waals surface area contributed by atoms with E-state index in [1.165, 1.54) is 22.3 Å². The molecule has 0 saturated carbocycles. The SMILES string of the molecule is Nc1ccc(Cc2cccc(N=Nc3ccccc3)c2Cc2ccc(N)cc2)cc1. The highest BCUT2D eigenvalue weighted by Crippen LogP contribution is 2.29. The van der Waals surface area contributed by atoms with Crippen LogP contribution in [0.1, 0.15) is 22.3 Å². The van der Waals surface area contributed by atoms with Crippen LogP contribution in [0.5, 0.6) is 0 Å². The Labute approximate surface area is 176 Å². The van der Waals surface area contributed by atoms with E-state index in [1.807, 2.05) is 66.7 Å². The van der Waals surface area contributed by atoms with E-state index in [0.29, 0.717) is 0 Å². The van der Waals surface area contributed by atoms with Crippen LogP contribution < -0.4 is 11.5 Å². The maximum absolute atomic E-state index is 5.86. The summed E-state index contributed by atoms with van der Waals surface area (Å²) in [6, 6.07) is 32.0. The fourth-order valence-corrected chi connectivity index (χ4v) is 3.39. The highest BCUT2D eigenvalue weighted by molar-refractivity contribution is 5.54. The molecule has 4 aromatic rings. The Bertz CT molecular complexity index is 1130. The van der Waals surface area contributed by atoms with Gasteiger partial charge in [-0.3, -0.25) is 0 Å². The molecule has 4 N–H and O–H groups in total. The van der Waals surface area contributed by atoms with Crippen LogP contribution in [0.15, 0.2) is 107 Å². The highest BCUT2D eigenvalue weighted by Gasteiger charge is 2.11. The van der Waals surface area contributed by atoms with Crippen LogP contribution in [0.3, 0.4) is 0 Å². The lowest BCUT2D eigenvalue weighted by Crippen LogP contribution is -1.99. The van der Waals surface area contributed by atoms with Crippen molar-refractivity contribution < 1.29 is 0 Å². The first kappa shape index (κ1) is 19.4. The van der Waals surface area contributed by atoms with Crippen molar-refractivity contribution in [1.29, 1.82) is 0 Å². The van der Waals surface area contributed by atoms with Gasteiger partial charge in [-0.25, -0.2) is 0 Å². The normalized spacial score (nSPS) is 11.1. The molecule has 30 heavy (non-hydrogen) atoms. The van der Waals surface area contributed by atoms with E-state index in [4.69, 9.17) is 11.5 Å². The van der Waals surface area contributed by atoms with Crippen molar-refractivity contribution in [1.82, 2.24) is 0 Å². The van der Waals surface area contributed by atoms with Gasteiger partial charge in [-0.15, -0.1) is 0 Å². The van der Waals surface area contributed by atoms with Crippen LogP contribution >= 0.6 is 0 Å². The third-order valence-corrected chi connectivity index (χ3v) is 5.01. The lowest BCUT2D eigenvalue weighted by atomic mass is 9.93. The molecule has 0 amide bonds. The predicted octanol–water partition coefficient (Wildman–Crippen LogP) is 6.45. The molecule has 4 nitrogen and oxygen atoms in total. The summed E-state index contributed by atoms with van der Waals surface area (Å²) in [5, 5.41) is 9.03. The second-order valence-electron chi connectivity index (χ2n) is 7.29. The number of nitrogens with zero attached hydrogens (tertiary/aromatic N) is 2. The molecule has 0 atom stereocenters. The van der Waals surface area contributed by atoms with E-state index in [-0.39, 0.29) is 0 Å². The fraction of sp³-hybridized carbons (Fsp3) is 0.0769. The largest absolute Gasteiger partial charge is 0.399 e. The van der Waals surface area contributed by atoms with E-state index in [9.17, 15) is 0 Å². The molecular weight excluding hydrogens is 368 g/mol. The summed E-state index contributed by atoms with van der Waals surface area (Å²) in [5.74, 6) is 0. The Morgan fingerprint density at radius 3 is 1.77 bits per heavy atom. The number of hydrogen-bond donors (Lipinski definition) is 2. The van der Waals surface area contributed by atoms with Gasteiger partial charge in [0.2, 0.25) is 0 Å². The topological polar surface area (TPSA) is 76.8 Å². The molecule has 0 spiro atoms. The Balaban J connectivity index is 1.71. The van der Waals surface area contributed by atoms with Crippen molar-refractivity contribution in [2.45, 2.75) is 12.8 Å². The summed E-state index contributed by atoms with van der Waals surface area (Å²) in [7, 11) is 0. The minimum Gasteiger partial charge on any atom is -0.399 e. The maximum atomic E-state index is 5.86. The summed E-state index contributed by atoms with van der Waals surface area (Å²) < 4.78 is 0. The van der Waals surface area contributed by atoms with Crippen molar-refractivity contribution in [3.8, 4) is 0 Å². The second kappa shape index (κ2) is 9.05. The number of hydrogen-bond acceptors (Lipinski definition) is 4. The first-order valence-corrected chi connectivity index (χ1v) is 9.94. The monoisotopic (exact) mass is 392 g/mol. The lowest BCUT2D eigenvalue weighted by molar-refractivity contribution is 1.07. The van der Waals surface area contributed by atoms with E-state index < -0.39 is 0 Å². The van der Waals surface area contributed by atoms with Gasteiger partial charge in [0.05, 0.1) is 11.4 Å². The van der Waals surface area contributed by atoms with E-state index >= 15 is 0 Å². The van der Waals surface area contributed by atoms with Crippen molar-refractivity contribution in [2.24, 2.45) is 10.2 Å². The van der Waals surface area contributed by atoms with Gasteiger partial charge in [-0.05, 0) is 77.6 Å². The second-order valence-corrected chi connectivity index (χ2v) is 7.29. The number of nitrogen functional groups attached to an aromatic ring is 2. The number of benzene rings is 4. The number of rotatable bonds is 6. The molecule has 0 aliphatic heterocycles. The average molecular weight is 393 g/mol. The summed E-state index contributed by atoms with van der Waals surface area (Å²) in [4.78, 5) is 0. The zero-order valence-corrected chi connectivity index (χ0v) is 16.7. The molecule has 0 heterocycles. The zero-order chi connectivity index (χ0) is 20.8. The van der Waals surface area contributed by atoms with Gasteiger partial charge in [0.1, 0.15) is 0 Å². The molecule has 4 heteroatoms. The molecule has 0 aliphatic carbocycles. The molecular formula is C26H24N4. The van der Waals surface area contributed by atoms with Crippen LogP contribution in [-0.4, -0.2) is 0 Å². The van der Waals surface area contributed by atoms with Crippen molar-refractivity contribution >= 4 is 22.7 Å². The van der Waals surface area contributed by atoms with Crippen molar-refractivity contribution in [2.75, 3.05) is 11.5 Å². The summed E-state index contributed by atoms with van der Waals surface area (Å²) in [5.41, 5.74) is 19.7. The molecule has 4 rings (SSSR count). The van der Waals surface area contributed by atoms with Crippen molar-refractivity contribution in [3.63, 3.8) is 0 Å². The van der Waals surface area contributed by atoms with Crippen LogP contribution in [0.25, 0.3) is 0 Å². The lowest BCUT2D eigenvalue weighted by Gasteiger charge is -2.13. The third-order valence-electron chi connectivity index (χ3n) is 5.01. The van der Waals surface area contributed by atoms with Gasteiger partial charge in [0.25, 0.3) is 0 Å². The molecule has 0 unspecified atom stereocenters. The maximum Gasteiger partial charge on any atom is 0.0895 e. The van der Waals surface area contributed by atoms with E-state index in [1.54, 1.807) is 0 Å². The van der Waals surface area contributed by atoms with Crippen LogP contribution in [-0.2, 0) is 12.8 Å². The van der Waals surface area contributed by atoms with Crippen LogP contribution in [0.4, 0.5) is 22.7 Å². The quantitative estimate of drug-likeness (QED) is 0.292. The standard InChI is InChI=1S/C26H24N4/c27-22-13-9-19(10-14-22)17-21-5-4-8-26(30-29-24-6-2-1-3-7-24)25(21)18-20-11-15-23(28)16-12-20/h1-16H,17-18,27-28H2. The fourth-order valence-electron chi connectivity index (χ4n) is 3.39. The first-order valence-electron chi connectivity index (χ1n) is 9.94. The van der Waals surface area contributed by atoms with Crippen LogP contribution in [0.2, 0.25) is 0 Å². The van der Waals surface area contributed by atoms with Gasteiger partial charge >= 0.3 is 0 Å². The van der Waals surface area contributed by atoms with Gasteiger partial charge in [0.15, 0.2) is 0 Å². The molecule has 0 saturated heterocycles. The highest BCUT2D eigenvalue weighted by atomic mass is 15.1. The first-order chi connectivity index (χ1) is 14.7. The summed E-state index contributed by atoms with van der Waals surface area (Å²) >= 11 is 0. The van der Waals surface area contributed by atoms with Gasteiger partial charge in [-0.2, -0.15) is 10.2 Å². The molecule has 0 fully saturated rings.